The van der Waals surface area contributed by atoms with Gasteiger partial charge < -0.3 is 10.2 Å². The Labute approximate surface area is 116 Å². The van der Waals surface area contributed by atoms with Crippen molar-refractivity contribution in [1.82, 2.24) is 10.3 Å². The summed E-state index contributed by atoms with van der Waals surface area (Å²) in [6.45, 7) is 13.1. The summed E-state index contributed by atoms with van der Waals surface area (Å²) in [7, 11) is 0. The Morgan fingerprint density at radius 2 is 1.94 bits per heavy atom. The van der Waals surface area contributed by atoms with Crippen LogP contribution >= 0.6 is 11.3 Å². The molecule has 1 aromatic heterocycles. The molecule has 0 aliphatic heterocycles. The second-order valence-electron chi connectivity index (χ2n) is 5.12. The van der Waals surface area contributed by atoms with Crippen molar-refractivity contribution in [2.75, 3.05) is 24.5 Å². The van der Waals surface area contributed by atoms with Crippen LogP contribution in [0.4, 0.5) is 5.13 Å². The second-order valence-corrected chi connectivity index (χ2v) is 6.21. The summed E-state index contributed by atoms with van der Waals surface area (Å²) < 4.78 is 0. The molecular formula is C14H27N3S. The lowest BCUT2D eigenvalue weighted by Crippen LogP contribution is -2.24. The Morgan fingerprint density at radius 3 is 2.50 bits per heavy atom. The maximum absolute atomic E-state index is 4.56. The van der Waals surface area contributed by atoms with Crippen LogP contribution in [0.1, 0.15) is 45.4 Å². The van der Waals surface area contributed by atoms with Gasteiger partial charge in [-0.2, -0.15) is 0 Å². The molecule has 0 fully saturated rings. The Hall–Kier alpha value is -0.610. The molecule has 18 heavy (non-hydrogen) atoms. The minimum absolute atomic E-state index is 0.703. The van der Waals surface area contributed by atoms with Gasteiger partial charge in [0.2, 0.25) is 0 Å². The van der Waals surface area contributed by atoms with Crippen molar-refractivity contribution in [3.63, 3.8) is 0 Å². The van der Waals surface area contributed by atoms with Crippen molar-refractivity contribution in [2.45, 2.75) is 47.1 Å². The van der Waals surface area contributed by atoms with Gasteiger partial charge in [0.25, 0.3) is 0 Å². The molecule has 1 N–H and O–H groups in total. The van der Waals surface area contributed by atoms with E-state index in [1.54, 1.807) is 0 Å². The highest BCUT2D eigenvalue weighted by atomic mass is 32.1. The number of nitrogens with one attached hydrogen (secondary N) is 1. The summed E-state index contributed by atoms with van der Waals surface area (Å²) >= 11 is 1.82. The largest absolute Gasteiger partial charge is 0.348 e. The maximum Gasteiger partial charge on any atom is 0.185 e. The van der Waals surface area contributed by atoms with Crippen molar-refractivity contribution in [2.24, 2.45) is 5.92 Å². The highest BCUT2D eigenvalue weighted by molar-refractivity contribution is 7.15. The summed E-state index contributed by atoms with van der Waals surface area (Å²) in [4.78, 5) is 8.29. The lowest BCUT2D eigenvalue weighted by molar-refractivity contribution is 0.554. The van der Waals surface area contributed by atoms with E-state index in [4.69, 9.17) is 0 Å². The van der Waals surface area contributed by atoms with Crippen LogP contribution in [0.15, 0.2) is 6.20 Å². The van der Waals surface area contributed by atoms with Gasteiger partial charge in [-0.05, 0) is 25.3 Å². The standard InChI is InChI=1S/C14H27N3S/c1-5-7-17(8-6-2)14-16-11-13(18-14)10-15-9-12(3)4/h11-12,15H,5-10H2,1-4H3. The molecule has 0 aromatic carbocycles. The lowest BCUT2D eigenvalue weighted by Gasteiger charge is -2.19. The van der Waals surface area contributed by atoms with Gasteiger partial charge in [-0.1, -0.05) is 27.7 Å². The first-order valence-corrected chi connectivity index (χ1v) is 7.89. The van der Waals surface area contributed by atoms with Crippen LogP contribution in [0.2, 0.25) is 0 Å². The van der Waals surface area contributed by atoms with E-state index in [-0.39, 0.29) is 0 Å². The zero-order valence-corrected chi connectivity index (χ0v) is 13.0. The Bertz CT molecular complexity index is 317. The number of rotatable bonds is 9. The predicted molar refractivity (Wildman–Crippen MR) is 81.5 cm³/mol. The first kappa shape index (κ1) is 15.4. The normalized spacial score (nSPS) is 11.2. The SMILES string of the molecule is CCCN(CCC)c1ncc(CNCC(C)C)s1. The van der Waals surface area contributed by atoms with Crippen LogP contribution in [-0.2, 0) is 6.54 Å². The van der Waals surface area contributed by atoms with Crippen molar-refractivity contribution in [3.8, 4) is 0 Å². The van der Waals surface area contributed by atoms with Gasteiger partial charge in [0.1, 0.15) is 0 Å². The van der Waals surface area contributed by atoms with Crippen molar-refractivity contribution >= 4 is 16.5 Å². The quantitative estimate of drug-likeness (QED) is 0.743. The van der Waals surface area contributed by atoms with Gasteiger partial charge in [0, 0.05) is 30.7 Å². The molecule has 0 radical (unpaired) electrons. The zero-order valence-electron chi connectivity index (χ0n) is 12.2. The Kier molecular flexibility index (Phi) is 7.28. The van der Waals surface area contributed by atoms with E-state index in [2.05, 4.69) is 42.9 Å². The van der Waals surface area contributed by atoms with E-state index >= 15 is 0 Å². The van der Waals surface area contributed by atoms with Crippen LogP contribution in [0.3, 0.4) is 0 Å². The van der Waals surface area contributed by atoms with Crippen LogP contribution in [-0.4, -0.2) is 24.6 Å². The fraction of sp³-hybridized carbons (Fsp3) is 0.786. The molecule has 0 bridgehead atoms. The molecule has 3 nitrogen and oxygen atoms in total. The summed E-state index contributed by atoms with van der Waals surface area (Å²) in [6, 6.07) is 0. The van der Waals surface area contributed by atoms with E-state index in [1.807, 2.05) is 17.5 Å². The number of hydrogen-bond acceptors (Lipinski definition) is 4. The Balaban J connectivity index is 2.49. The minimum atomic E-state index is 0.703. The van der Waals surface area contributed by atoms with Gasteiger partial charge in [0.15, 0.2) is 5.13 Å². The zero-order chi connectivity index (χ0) is 13.4. The fourth-order valence-electron chi connectivity index (χ4n) is 1.85. The van der Waals surface area contributed by atoms with E-state index < -0.39 is 0 Å². The second kappa shape index (κ2) is 8.48. The van der Waals surface area contributed by atoms with Gasteiger partial charge in [0.05, 0.1) is 0 Å². The molecule has 4 heteroatoms. The average Bonchev–Trinajstić information content (AvgIpc) is 2.77. The molecule has 0 saturated carbocycles. The topological polar surface area (TPSA) is 28.2 Å². The van der Waals surface area contributed by atoms with Gasteiger partial charge in [-0.3, -0.25) is 0 Å². The van der Waals surface area contributed by atoms with E-state index in [0.717, 1.165) is 26.2 Å². The predicted octanol–water partition coefficient (Wildman–Crippen LogP) is 3.52. The lowest BCUT2D eigenvalue weighted by atomic mass is 10.2. The van der Waals surface area contributed by atoms with Crippen molar-refractivity contribution in [3.05, 3.63) is 11.1 Å². The molecule has 0 aliphatic carbocycles. The van der Waals surface area contributed by atoms with Crippen LogP contribution in [0, 0.1) is 5.92 Å². The Morgan fingerprint density at radius 1 is 1.28 bits per heavy atom. The number of nitrogens with zero attached hydrogens (tertiary/aromatic N) is 2. The van der Waals surface area contributed by atoms with E-state index in [9.17, 15) is 0 Å². The molecule has 0 saturated heterocycles. The molecule has 1 aromatic rings. The third kappa shape index (κ3) is 5.36. The van der Waals surface area contributed by atoms with Crippen molar-refractivity contribution in [1.29, 1.82) is 0 Å². The van der Waals surface area contributed by atoms with Crippen LogP contribution < -0.4 is 10.2 Å². The monoisotopic (exact) mass is 269 g/mol. The van der Waals surface area contributed by atoms with Crippen molar-refractivity contribution < 1.29 is 0 Å². The number of anilines is 1. The van der Waals surface area contributed by atoms with Crippen LogP contribution in [0.25, 0.3) is 0 Å². The number of thiazole rings is 1. The summed E-state index contributed by atoms with van der Waals surface area (Å²) in [5.74, 6) is 0.703. The first-order chi connectivity index (χ1) is 8.67. The first-order valence-electron chi connectivity index (χ1n) is 7.07. The maximum atomic E-state index is 4.56. The van der Waals surface area contributed by atoms with Gasteiger partial charge >= 0.3 is 0 Å². The summed E-state index contributed by atoms with van der Waals surface area (Å²) in [6.07, 6.45) is 4.38. The molecule has 0 spiro atoms. The van der Waals surface area contributed by atoms with E-state index in [0.29, 0.717) is 5.92 Å². The third-order valence-electron chi connectivity index (χ3n) is 2.65. The fourth-order valence-corrected chi connectivity index (χ4v) is 2.78. The molecule has 1 rings (SSSR count). The van der Waals surface area contributed by atoms with Crippen LogP contribution in [0.5, 0.6) is 0 Å². The van der Waals surface area contributed by atoms with Gasteiger partial charge in [-0.25, -0.2) is 4.98 Å². The molecule has 0 unspecified atom stereocenters. The van der Waals surface area contributed by atoms with E-state index in [1.165, 1.54) is 22.9 Å². The highest BCUT2D eigenvalue weighted by Crippen LogP contribution is 2.22. The number of hydrogen-bond donors (Lipinski definition) is 1. The molecule has 0 aliphatic rings. The number of aromatic nitrogens is 1. The third-order valence-corrected chi connectivity index (χ3v) is 3.71. The minimum Gasteiger partial charge on any atom is -0.348 e. The summed E-state index contributed by atoms with van der Waals surface area (Å²) in [5.41, 5.74) is 0. The summed E-state index contributed by atoms with van der Waals surface area (Å²) in [5, 5.41) is 4.65. The molecule has 0 amide bonds. The van der Waals surface area contributed by atoms with Gasteiger partial charge in [-0.15, -0.1) is 11.3 Å². The smallest absolute Gasteiger partial charge is 0.185 e. The molecular weight excluding hydrogens is 242 g/mol. The average molecular weight is 269 g/mol. The molecule has 0 atom stereocenters. The highest BCUT2D eigenvalue weighted by Gasteiger charge is 2.09. The molecule has 1 heterocycles. The molecule has 104 valence electrons.